The number of hydrogen-bond donors (Lipinski definition) is 1. The average molecular weight is 276 g/mol. The fourth-order valence-electron chi connectivity index (χ4n) is 2.42. The summed E-state index contributed by atoms with van der Waals surface area (Å²) >= 11 is 0. The molecule has 0 aliphatic heterocycles. The molecular formula is C17H16N4. The number of rotatable bonds is 4. The molecular weight excluding hydrogens is 260 g/mol. The lowest BCUT2D eigenvalue weighted by atomic mass is 10.1. The van der Waals surface area contributed by atoms with E-state index in [0.717, 1.165) is 28.6 Å². The van der Waals surface area contributed by atoms with Crippen molar-refractivity contribution in [3.8, 4) is 11.5 Å². The maximum absolute atomic E-state index is 4.48. The average Bonchev–Trinajstić information content (AvgIpc) is 3.37. The first kappa shape index (κ1) is 12.4. The predicted octanol–water partition coefficient (Wildman–Crippen LogP) is 2.94. The van der Waals surface area contributed by atoms with Gasteiger partial charge in [0.15, 0.2) is 5.82 Å². The molecule has 4 nitrogen and oxygen atoms in total. The normalized spacial score (nSPS) is 14.5. The Balaban J connectivity index is 1.65. The summed E-state index contributed by atoms with van der Waals surface area (Å²) in [5.41, 5.74) is 1.96. The Morgan fingerprint density at radius 1 is 1.00 bits per heavy atom. The first-order valence-corrected chi connectivity index (χ1v) is 7.28. The summed E-state index contributed by atoms with van der Waals surface area (Å²) in [6.07, 6.45) is 8.17. The number of benzene rings is 1. The molecule has 4 rings (SSSR count). The second-order valence-corrected chi connectivity index (χ2v) is 5.45. The molecule has 1 aromatic carbocycles. The van der Waals surface area contributed by atoms with E-state index in [9.17, 15) is 0 Å². The third-order valence-corrected chi connectivity index (χ3v) is 3.76. The number of aromatic nitrogens is 3. The number of nitrogens with zero attached hydrogens (tertiary/aromatic N) is 3. The SMILES string of the molecule is c1ccc2c(-c3ncc(CNC4CC4)cn3)nccc2c1. The van der Waals surface area contributed by atoms with Gasteiger partial charge >= 0.3 is 0 Å². The zero-order chi connectivity index (χ0) is 14.1. The van der Waals surface area contributed by atoms with Crippen molar-refractivity contribution in [2.45, 2.75) is 25.4 Å². The van der Waals surface area contributed by atoms with Crippen LogP contribution in [0.2, 0.25) is 0 Å². The number of fused-ring (bicyclic) bond motifs is 1. The van der Waals surface area contributed by atoms with E-state index in [4.69, 9.17) is 0 Å². The molecule has 1 aliphatic carbocycles. The van der Waals surface area contributed by atoms with Crippen LogP contribution in [-0.2, 0) is 6.54 Å². The standard InChI is InChI=1S/C17H16N4/c1-2-4-15-13(3-1)7-8-18-16(15)17-20-10-12(11-21-17)9-19-14-5-6-14/h1-4,7-8,10-11,14,19H,5-6,9H2. The molecule has 1 N–H and O–H groups in total. The molecule has 104 valence electrons. The van der Waals surface area contributed by atoms with Gasteiger partial charge in [0, 0.05) is 42.1 Å². The quantitative estimate of drug-likeness (QED) is 0.796. The van der Waals surface area contributed by atoms with Crippen molar-refractivity contribution in [1.82, 2.24) is 20.3 Å². The summed E-state index contributed by atoms with van der Waals surface area (Å²) in [5, 5.41) is 5.71. The van der Waals surface area contributed by atoms with Crippen LogP contribution in [0.4, 0.5) is 0 Å². The number of hydrogen-bond acceptors (Lipinski definition) is 4. The predicted molar refractivity (Wildman–Crippen MR) is 82.6 cm³/mol. The van der Waals surface area contributed by atoms with Crippen LogP contribution in [0.15, 0.2) is 48.9 Å². The molecule has 2 heterocycles. The second-order valence-electron chi connectivity index (χ2n) is 5.45. The van der Waals surface area contributed by atoms with Crippen molar-refractivity contribution in [3.63, 3.8) is 0 Å². The monoisotopic (exact) mass is 276 g/mol. The van der Waals surface area contributed by atoms with Gasteiger partial charge in [0.1, 0.15) is 5.69 Å². The Morgan fingerprint density at radius 3 is 2.62 bits per heavy atom. The number of pyridine rings is 1. The van der Waals surface area contributed by atoms with Crippen LogP contribution in [0.25, 0.3) is 22.3 Å². The summed E-state index contributed by atoms with van der Waals surface area (Å²) in [6, 6.07) is 10.9. The lowest BCUT2D eigenvalue weighted by Gasteiger charge is -2.06. The highest BCUT2D eigenvalue weighted by atomic mass is 15.0. The van der Waals surface area contributed by atoms with Crippen LogP contribution in [0.3, 0.4) is 0 Å². The molecule has 0 spiro atoms. The van der Waals surface area contributed by atoms with E-state index >= 15 is 0 Å². The Kier molecular flexibility index (Phi) is 3.09. The van der Waals surface area contributed by atoms with Gasteiger partial charge in [-0.2, -0.15) is 0 Å². The molecule has 3 aromatic rings. The summed E-state index contributed by atoms with van der Waals surface area (Å²) in [6.45, 7) is 0.841. The fraction of sp³-hybridized carbons (Fsp3) is 0.235. The topological polar surface area (TPSA) is 50.7 Å². The van der Waals surface area contributed by atoms with Crippen LogP contribution in [-0.4, -0.2) is 21.0 Å². The van der Waals surface area contributed by atoms with Crippen LogP contribution < -0.4 is 5.32 Å². The third kappa shape index (κ3) is 2.62. The molecule has 0 amide bonds. The first-order valence-electron chi connectivity index (χ1n) is 7.28. The smallest absolute Gasteiger partial charge is 0.178 e. The maximum Gasteiger partial charge on any atom is 0.178 e. The summed E-state index contributed by atoms with van der Waals surface area (Å²) in [7, 11) is 0. The minimum absolute atomic E-state index is 0.682. The van der Waals surface area contributed by atoms with Gasteiger partial charge in [-0.05, 0) is 24.3 Å². The molecule has 1 saturated carbocycles. The minimum atomic E-state index is 0.682. The van der Waals surface area contributed by atoms with Crippen molar-refractivity contribution < 1.29 is 0 Å². The van der Waals surface area contributed by atoms with Crippen molar-refractivity contribution in [2.24, 2.45) is 0 Å². The van der Waals surface area contributed by atoms with Gasteiger partial charge in [-0.3, -0.25) is 4.98 Å². The molecule has 1 fully saturated rings. The molecule has 2 aromatic heterocycles. The molecule has 0 radical (unpaired) electrons. The Morgan fingerprint density at radius 2 is 1.81 bits per heavy atom. The van der Waals surface area contributed by atoms with Gasteiger partial charge < -0.3 is 5.32 Å². The van der Waals surface area contributed by atoms with Crippen molar-refractivity contribution in [1.29, 1.82) is 0 Å². The van der Waals surface area contributed by atoms with E-state index in [0.29, 0.717) is 11.9 Å². The van der Waals surface area contributed by atoms with Gasteiger partial charge in [0.05, 0.1) is 0 Å². The highest BCUT2D eigenvalue weighted by Gasteiger charge is 2.20. The zero-order valence-corrected chi connectivity index (χ0v) is 11.7. The van der Waals surface area contributed by atoms with Gasteiger partial charge in [-0.15, -0.1) is 0 Å². The molecule has 0 unspecified atom stereocenters. The van der Waals surface area contributed by atoms with E-state index in [2.05, 4.69) is 32.4 Å². The van der Waals surface area contributed by atoms with Crippen molar-refractivity contribution in [2.75, 3.05) is 0 Å². The molecule has 4 heteroatoms. The molecule has 0 atom stereocenters. The van der Waals surface area contributed by atoms with E-state index < -0.39 is 0 Å². The van der Waals surface area contributed by atoms with Gasteiger partial charge in [-0.25, -0.2) is 9.97 Å². The lowest BCUT2D eigenvalue weighted by Crippen LogP contribution is -2.15. The van der Waals surface area contributed by atoms with Crippen LogP contribution >= 0.6 is 0 Å². The zero-order valence-electron chi connectivity index (χ0n) is 11.7. The highest BCUT2D eigenvalue weighted by Crippen LogP contribution is 2.23. The third-order valence-electron chi connectivity index (χ3n) is 3.76. The van der Waals surface area contributed by atoms with Gasteiger partial charge in [0.25, 0.3) is 0 Å². The van der Waals surface area contributed by atoms with Crippen LogP contribution in [0, 0.1) is 0 Å². The highest BCUT2D eigenvalue weighted by molar-refractivity contribution is 5.92. The fourth-order valence-corrected chi connectivity index (χ4v) is 2.42. The van der Waals surface area contributed by atoms with Crippen LogP contribution in [0.5, 0.6) is 0 Å². The maximum atomic E-state index is 4.48. The molecule has 0 bridgehead atoms. The summed E-state index contributed by atoms with van der Waals surface area (Å²) < 4.78 is 0. The Hall–Kier alpha value is -2.33. The molecule has 21 heavy (non-hydrogen) atoms. The minimum Gasteiger partial charge on any atom is -0.310 e. The lowest BCUT2D eigenvalue weighted by molar-refractivity contribution is 0.683. The van der Waals surface area contributed by atoms with Crippen LogP contribution in [0.1, 0.15) is 18.4 Å². The Bertz CT molecular complexity index is 758. The van der Waals surface area contributed by atoms with Crippen molar-refractivity contribution in [3.05, 3.63) is 54.5 Å². The van der Waals surface area contributed by atoms with Crippen molar-refractivity contribution >= 4 is 10.8 Å². The summed E-state index contributed by atoms with van der Waals surface area (Å²) in [5.74, 6) is 0.682. The van der Waals surface area contributed by atoms with E-state index in [-0.39, 0.29) is 0 Å². The van der Waals surface area contributed by atoms with E-state index in [1.165, 1.54) is 12.8 Å². The largest absolute Gasteiger partial charge is 0.310 e. The first-order chi connectivity index (χ1) is 10.4. The number of nitrogens with one attached hydrogen (secondary N) is 1. The Labute approximate surface area is 123 Å². The van der Waals surface area contributed by atoms with E-state index in [1.807, 2.05) is 36.8 Å². The second kappa shape index (κ2) is 5.22. The molecule has 0 saturated heterocycles. The van der Waals surface area contributed by atoms with Gasteiger partial charge in [-0.1, -0.05) is 24.3 Å². The summed E-state index contributed by atoms with van der Waals surface area (Å²) in [4.78, 5) is 13.4. The molecule has 1 aliphatic rings. The van der Waals surface area contributed by atoms with Gasteiger partial charge in [0.2, 0.25) is 0 Å². The van der Waals surface area contributed by atoms with E-state index in [1.54, 1.807) is 0 Å².